The van der Waals surface area contributed by atoms with Gasteiger partial charge in [0.2, 0.25) is 0 Å². The van der Waals surface area contributed by atoms with Crippen LogP contribution in [0.25, 0.3) is 21.7 Å². The number of aryl methyl sites for hydroxylation is 2. The van der Waals surface area contributed by atoms with Crippen molar-refractivity contribution in [3.05, 3.63) is 92.6 Å². The Morgan fingerprint density at radius 1 is 1.02 bits per heavy atom. The smallest absolute Gasteiger partial charge is 0.872 e. The number of nitrogens with one attached hydrogen (secondary N) is 1. The van der Waals surface area contributed by atoms with Crippen LogP contribution in [-0.4, -0.2) is 37.9 Å². The number of benzene rings is 3. The Hall–Kier alpha value is -4.01. The van der Waals surface area contributed by atoms with Crippen molar-refractivity contribution in [2.24, 2.45) is 5.92 Å². The Bertz CT molecular complexity index is 1910. The van der Waals surface area contributed by atoms with E-state index in [4.69, 9.17) is 4.42 Å². The minimum absolute atomic E-state index is 0. The first-order chi connectivity index (χ1) is 20.8. The standard InChI is InChI=1S/C18H19FN2O3.C16H12O3.Ni/c19-15-8-13-12(9-16(15)21-5-3-20-4-6-21)11(10-1-2-10)7-14(17(13)22)18(23)24;17-12-8-9-4-3-6-10(9)14-11-5-1-2-7-13(11)19-16(18)15(12)14;/h7-11,20H,1-6H2,(H,23,24);1-2,5,7-8,17H,3-4,6H2;/q;;+2/p-2. The quantitative estimate of drug-likeness (QED) is 0.157. The maximum Gasteiger partial charge on any atom is 2.00 e. The maximum atomic E-state index is 14.6. The average Bonchev–Trinajstić information content (AvgIpc) is 3.74. The zero-order valence-corrected chi connectivity index (χ0v) is 24.7. The number of hydrogen-bond acceptors (Lipinski definition) is 8. The second kappa shape index (κ2) is 11.8. The molecular formula is C34H29FN2NiO6. The minimum atomic E-state index is -1.48. The second-order valence-corrected chi connectivity index (χ2v) is 11.7. The predicted octanol–water partition coefficient (Wildman–Crippen LogP) is 3.11. The molecule has 2 fully saturated rings. The van der Waals surface area contributed by atoms with Crippen molar-refractivity contribution in [3.63, 3.8) is 0 Å². The molecule has 1 saturated heterocycles. The summed E-state index contributed by atoms with van der Waals surface area (Å²) < 4.78 is 19.9. The molecule has 1 aliphatic heterocycles. The van der Waals surface area contributed by atoms with E-state index in [1.54, 1.807) is 18.2 Å². The van der Waals surface area contributed by atoms with Gasteiger partial charge < -0.3 is 29.6 Å². The molecule has 4 aliphatic rings. The predicted molar refractivity (Wildman–Crippen MR) is 156 cm³/mol. The summed E-state index contributed by atoms with van der Waals surface area (Å²) in [7, 11) is 0. The maximum absolute atomic E-state index is 14.6. The number of aliphatic carboxylic acids is 1. The number of carboxylic acid groups (broad SMARTS) is 1. The molecule has 1 saturated carbocycles. The molecule has 3 aromatic carbocycles. The Kier molecular flexibility index (Phi) is 8.07. The number of Topliss-reactive ketones (excluding diaryl/α,β-unsaturated/α-hetero) is 1. The number of allylic oxidation sites excluding steroid dienone is 1. The molecule has 8 nitrogen and oxygen atoms in total. The number of piperazine rings is 1. The van der Waals surface area contributed by atoms with Crippen LogP contribution in [0.1, 0.15) is 52.2 Å². The minimum Gasteiger partial charge on any atom is -0.872 e. The van der Waals surface area contributed by atoms with Gasteiger partial charge in [0.25, 0.3) is 0 Å². The summed E-state index contributed by atoms with van der Waals surface area (Å²) in [6, 6.07) is 12.0. The first-order valence-electron chi connectivity index (χ1n) is 14.8. The van der Waals surface area contributed by atoms with Crippen LogP contribution in [0, 0.1) is 11.7 Å². The van der Waals surface area contributed by atoms with E-state index in [2.05, 4.69) is 5.32 Å². The summed E-state index contributed by atoms with van der Waals surface area (Å²) in [5.41, 5.74) is 3.36. The van der Waals surface area contributed by atoms with Crippen molar-refractivity contribution >= 4 is 39.2 Å². The van der Waals surface area contributed by atoms with E-state index in [-0.39, 0.29) is 44.7 Å². The largest absolute Gasteiger partial charge is 2.00 e. The monoisotopic (exact) mass is 638 g/mol. The van der Waals surface area contributed by atoms with Gasteiger partial charge in [0.1, 0.15) is 11.4 Å². The number of fused-ring (bicyclic) bond motifs is 6. The summed E-state index contributed by atoms with van der Waals surface area (Å²) in [6.45, 7) is 2.99. The van der Waals surface area contributed by atoms with Gasteiger partial charge in [-0.05, 0) is 72.9 Å². The number of carbonyl (C=O) groups excluding carboxylic acids is 2. The average molecular weight is 639 g/mol. The summed E-state index contributed by atoms with van der Waals surface area (Å²) in [4.78, 5) is 37.7. The zero-order chi connectivity index (χ0) is 29.8. The van der Waals surface area contributed by atoms with E-state index in [9.17, 15) is 29.0 Å². The molecule has 228 valence electrons. The number of rotatable bonds is 3. The number of nitrogens with zero attached hydrogens (tertiary/aromatic N) is 1. The van der Waals surface area contributed by atoms with Crippen LogP contribution in [0.3, 0.4) is 0 Å². The van der Waals surface area contributed by atoms with E-state index in [1.807, 2.05) is 23.1 Å². The third-order valence-electron chi connectivity index (χ3n) is 9.05. The Labute approximate surface area is 262 Å². The van der Waals surface area contributed by atoms with E-state index in [0.29, 0.717) is 30.3 Å². The van der Waals surface area contributed by atoms with Gasteiger partial charge in [-0.2, -0.15) is 0 Å². The molecule has 0 amide bonds. The third kappa shape index (κ3) is 5.20. The van der Waals surface area contributed by atoms with Crippen molar-refractivity contribution in [1.82, 2.24) is 5.32 Å². The normalized spacial score (nSPS) is 19.0. The van der Waals surface area contributed by atoms with E-state index >= 15 is 0 Å². The van der Waals surface area contributed by atoms with Crippen molar-refractivity contribution < 1.29 is 45.1 Å². The fourth-order valence-electron chi connectivity index (χ4n) is 6.82. The molecule has 1 aromatic heterocycles. The van der Waals surface area contributed by atoms with Crippen LogP contribution in [0.4, 0.5) is 10.1 Å². The van der Waals surface area contributed by atoms with Gasteiger partial charge in [0.05, 0.1) is 17.0 Å². The van der Waals surface area contributed by atoms with Crippen LogP contribution < -0.4 is 26.1 Å². The van der Waals surface area contributed by atoms with Crippen LogP contribution in [0.15, 0.2) is 63.3 Å². The van der Waals surface area contributed by atoms with Gasteiger partial charge in [0.15, 0.2) is 5.78 Å². The molecule has 0 spiro atoms. The van der Waals surface area contributed by atoms with Gasteiger partial charge in [-0.3, -0.25) is 4.79 Å². The first-order valence-corrected chi connectivity index (χ1v) is 14.8. The Morgan fingerprint density at radius 2 is 1.77 bits per heavy atom. The van der Waals surface area contributed by atoms with Crippen molar-refractivity contribution in [1.29, 1.82) is 0 Å². The molecule has 0 bridgehead atoms. The molecule has 2 heterocycles. The van der Waals surface area contributed by atoms with Crippen molar-refractivity contribution in [2.75, 3.05) is 31.1 Å². The summed E-state index contributed by atoms with van der Waals surface area (Å²) in [5, 5.41) is 28.5. The molecule has 10 heteroatoms. The van der Waals surface area contributed by atoms with Crippen LogP contribution in [0.5, 0.6) is 5.75 Å². The van der Waals surface area contributed by atoms with E-state index < -0.39 is 23.2 Å². The Morgan fingerprint density at radius 3 is 2.50 bits per heavy atom. The second-order valence-electron chi connectivity index (χ2n) is 11.7. The van der Waals surface area contributed by atoms with Gasteiger partial charge in [-0.25, -0.2) is 9.18 Å². The molecule has 1 unspecified atom stereocenters. The number of para-hydroxylation sites is 1. The SMILES string of the molecule is O=C([O-])C1=CC(C2CC2)c2cc(N3CCNCC3)c(F)cc2C1=O.O=c1oc2ccccc2c2c3c(cc([O-])c12)CCC3.[Ni+2]. The number of ketones is 1. The number of anilines is 1. The molecule has 0 radical (unpaired) electrons. The van der Waals surface area contributed by atoms with Gasteiger partial charge >= 0.3 is 22.1 Å². The topological polar surface area (TPSA) is 126 Å². The number of halogens is 1. The molecule has 3 aliphatic carbocycles. The molecule has 1 atom stereocenters. The molecular weight excluding hydrogens is 610 g/mol. The molecule has 8 rings (SSSR count). The van der Waals surface area contributed by atoms with Crippen molar-refractivity contribution in [3.8, 4) is 5.75 Å². The fraction of sp³-hybridized carbons (Fsp3) is 0.324. The summed E-state index contributed by atoms with van der Waals surface area (Å²) in [5.74, 6) is -2.63. The fourth-order valence-corrected chi connectivity index (χ4v) is 6.82. The summed E-state index contributed by atoms with van der Waals surface area (Å²) >= 11 is 0. The number of carbonyl (C=O) groups is 2. The van der Waals surface area contributed by atoms with E-state index in [0.717, 1.165) is 72.7 Å². The Balaban J connectivity index is 0.000000156. The van der Waals surface area contributed by atoms with Gasteiger partial charge in [-0.1, -0.05) is 36.1 Å². The first kappa shape index (κ1) is 30.0. The molecule has 44 heavy (non-hydrogen) atoms. The molecule has 4 aromatic rings. The van der Waals surface area contributed by atoms with Gasteiger partial charge in [0, 0.05) is 54.0 Å². The van der Waals surface area contributed by atoms with Crippen LogP contribution >= 0.6 is 0 Å². The van der Waals surface area contributed by atoms with Crippen LogP contribution in [-0.2, 0) is 34.1 Å². The summed E-state index contributed by atoms with van der Waals surface area (Å²) in [6.07, 6.45) is 6.40. The number of hydrogen-bond donors (Lipinski definition) is 1. The molecule has 1 N–H and O–H groups in total. The zero-order valence-electron chi connectivity index (χ0n) is 23.7. The third-order valence-corrected chi connectivity index (χ3v) is 9.05. The van der Waals surface area contributed by atoms with E-state index in [1.165, 1.54) is 12.1 Å². The van der Waals surface area contributed by atoms with Gasteiger partial charge in [-0.15, -0.1) is 0 Å². The van der Waals surface area contributed by atoms with Crippen molar-refractivity contribution in [2.45, 2.75) is 38.0 Å². The number of carboxylic acids is 1. The van der Waals surface area contributed by atoms with Crippen LogP contribution in [0.2, 0.25) is 0 Å².